The molecule has 2 aromatic carbocycles. The predicted octanol–water partition coefficient (Wildman–Crippen LogP) is 0.980. The van der Waals surface area contributed by atoms with Crippen LogP contribution < -0.4 is 14.5 Å². The molecule has 0 unspecified atom stereocenters. The molecule has 3 rings (SSSR count). The highest BCUT2D eigenvalue weighted by Gasteiger charge is 2.21. The van der Waals surface area contributed by atoms with Crippen LogP contribution in [-0.4, -0.2) is 77.1 Å². The molecule has 1 fully saturated rings. The second kappa shape index (κ2) is 11.6. The number of hydrazone groups is 1. The number of ether oxygens (including phenoxy) is 2. The van der Waals surface area contributed by atoms with Crippen LogP contribution in [0.25, 0.3) is 0 Å². The first-order chi connectivity index (χ1) is 16.2. The van der Waals surface area contributed by atoms with Gasteiger partial charge in [-0.05, 0) is 48.0 Å². The van der Waals surface area contributed by atoms with E-state index >= 15 is 0 Å². The van der Waals surface area contributed by atoms with Gasteiger partial charge in [0.15, 0.2) is 6.61 Å². The Kier molecular flexibility index (Phi) is 8.55. The van der Waals surface area contributed by atoms with Crippen LogP contribution in [0.1, 0.15) is 5.56 Å². The third-order valence-electron chi connectivity index (χ3n) is 4.79. The molecule has 0 atom stereocenters. The molecule has 1 heterocycles. The lowest BCUT2D eigenvalue weighted by molar-refractivity contribution is -0.137. The number of rotatable bonds is 9. The van der Waals surface area contributed by atoms with Crippen molar-refractivity contribution in [2.75, 3.05) is 50.0 Å². The van der Waals surface area contributed by atoms with Gasteiger partial charge in [-0.25, -0.2) is 18.2 Å². The molecule has 2 amide bonds. The SMILES string of the molecule is CS(=O)(=O)N(CC(=O)N/N=C\c1ccc(OCC(=O)N2CCOCC2)cc1)c1cccc(F)c1. The summed E-state index contributed by atoms with van der Waals surface area (Å²) in [6.07, 6.45) is 2.29. The van der Waals surface area contributed by atoms with Crippen molar-refractivity contribution in [3.8, 4) is 5.75 Å². The molecule has 2 aromatic rings. The van der Waals surface area contributed by atoms with E-state index in [9.17, 15) is 22.4 Å². The van der Waals surface area contributed by atoms with E-state index in [1.54, 1.807) is 29.2 Å². The maximum atomic E-state index is 13.5. The highest BCUT2D eigenvalue weighted by Crippen LogP contribution is 2.18. The maximum absolute atomic E-state index is 13.5. The van der Waals surface area contributed by atoms with Crippen LogP contribution in [0.5, 0.6) is 5.75 Å². The van der Waals surface area contributed by atoms with Gasteiger partial charge in [0.1, 0.15) is 18.1 Å². The van der Waals surface area contributed by atoms with Crippen molar-refractivity contribution < 1.29 is 31.9 Å². The van der Waals surface area contributed by atoms with E-state index < -0.39 is 28.3 Å². The van der Waals surface area contributed by atoms with Crippen LogP contribution >= 0.6 is 0 Å². The number of hydrogen-bond donors (Lipinski definition) is 1. The molecule has 34 heavy (non-hydrogen) atoms. The summed E-state index contributed by atoms with van der Waals surface area (Å²) in [7, 11) is -3.82. The standard InChI is InChI=1S/C22H25FN4O6S/c1-34(30,31)27(19-4-2-3-18(23)13-19)15-21(28)25-24-14-17-5-7-20(8-6-17)33-16-22(29)26-9-11-32-12-10-26/h2-8,13-14H,9-12,15-16H2,1H3,(H,25,28)/b24-14-. The summed E-state index contributed by atoms with van der Waals surface area (Å²) in [5.41, 5.74) is 2.92. The molecule has 12 heteroatoms. The first kappa shape index (κ1) is 25.1. The second-order valence-electron chi connectivity index (χ2n) is 7.39. The molecule has 1 saturated heterocycles. The third kappa shape index (κ3) is 7.52. The Morgan fingerprint density at radius 1 is 1.21 bits per heavy atom. The molecule has 0 bridgehead atoms. The van der Waals surface area contributed by atoms with Crippen molar-refractivity contribution >= 4 is 33.7 Å². The van der Waals surface area contributed by atoms with Gasteiger partial charge in [0.05, 0.1) is 31.4 Å². The summed E-state index contributed by atoms with van der Waals surface area (Å²) in [5, 5.41) is 3.82. The summed E-state index contributed by atoms with van der Waals surface area (Å²) in [6.45, 7) is 1.50. The lowest BCUT2D eigenvalue weighted by Gasteiger charge is -2.26. The monoisotopic (exact) mass is 492 g/mol. The van der Waals surface area contributed by atoms with E-state index in [-0.39, 0.29) is 18.2 Å². The van der Waals surface area contributed by atoms with Gasteiger partial charge >= 0.3 is 0 Å². The lowest BCUT2D eigenvalue weighted by Crippen LogP contribution is -2.42. The first-order valence-electron chi connectivity index (χ1n) is 10.4. The highest BCUT2D eigenvalue weighted by atomic mass is 32.2. The Hall–Kier alpha value is -3.51. The van der Waals surface area contributed by atoms with Gasteiger partial charge in [-0.2, -0.15) is 5.10 Å². The van der Waals surface area contributed by atoms with Crippen LogP contribution in [-0.2, 0) is 24.3 Å². The van der Waals surface area contributed by atoms with Crippen LogP contribution in [0.4, 0.5) is 10.1 Å². The van der Waals surface area contributed by atoms with Crippen molar-refractivity contribution in [2.24, 2.45) is 5.10 Å². The zero-order chi connectivity index (χ0) is 24.6. The number of hydrogen-bond acceptors (Lipinski definition) is 7. The molecule has 0 radical (unpaired) electrons. The molecule has 0 saturated carbocycles. The zero-order valence-corrected chi connectivity index (χ0v) is 19.3. The average molecular weight is 493 g/mol. The Labute approximate surface area is 197 Å². The van der Waals surface area contributed by atoms with E-state index in [4.69, 9.17) is 9.47 Å². The van der Waals surface area contributed by atoms with Crippen LogP contribution in [0, 0.1) is 5.82 Å². The first-order valence-corrected chi connectivity index (χ1v) is 12.2. The van der Waals surface area contributed by atoms with Gasteiger partial charge in [-0.15, -0.1) is 0 Å². The van der Waals surface area contributed by atoms with E-state index in [1.165, 1.54) is 24.4 Å². The molecule has 0 aliphatic carbocycles. The minimum atomic E-state index is -3.82. The van der Waals surface area contributed by atoms with Gasteiger partial charge in [0, 0.05) is 13.1 Å². The van der Waals surface area contributed by atoms with Crippen LogP contribution in [0.15, 0.2) is 53.6 Å². The normalized spacial score (nSPS) is 14.1. The Morgan fingerprint density at radius 2 is 1.91 bits per heavy atom. The molecule has 0 spiro atoms. The van der Waals surface area contributed by atoms with Gasteiger partial charge in [0.2, 0.25) is 10.0 Å². The molecule has 1 N–H and O–H groups in total. The smallest absolute Gasteiger partial charge is 0.260 e. The predicted molar refractivity (Wildman–Crippen MR) is 124 cm³/mol. The Balaban J connectivity index is 1.50. The van der Waals surface area contributed by atoms with Gasteiger partial charge in [-0.3, -0.25) is 13.9 Å². The van der Waals surface area contributed by atoms with E-state index in [0.29, 0.717) is 37.6 Å². The largest absolute Gasteiger partial charge is 0.484 e. The van der Waals surface area contributed by atoms with Crippen molar-refractivity contribution in [1.29, 1.82) is 0 Å². The number of carbonyl (C=O) groups is 2. The van der Waals surface area contributed by atoms with Crippen molar-refractivity contribution in [3.63, 3.8) is 0 Å². The number of nitrogens with zero attached hydrogens (tertiary/aromatic N) is 3. The van der Waals surface area contributed by atoms with E-state index in [1.807, 2.05) is 0 Å². The maximum Gasteiger partial charge on any atom is 0.260 e. The summed E-state index contributed by atoms with van der Waals surface area (Å²) < 4.78 is 49.0. The number of carbonyl (C=O) groups excluding carboxylic acids is 2. The summed E-state index contributed by atoms with van der Waals surface area (Å²) in [5.74, 6) is -0.935. The Bertz CT molecular complexity index is 1130. The zero-order valence-electron chi connectivity index (χ0n) is 18.5. The second-order valence-corrected chi connectivity index (χ2v) is 9.30. The Morgan fingerprint density at radius 3 is 2.56 bits per heavy atom. The number of sulfonamides is 1. The molecule has 1 aliphatic rings. The van der Waals surface area contributed by atoms with E-state index in [2.05, 4.69) is 10.5 Å². The van der Waals surface area contributed by atoms with Crippen molar-refractivity contribution in [3.05, 3.63) is 59.9 Å². The van der Waals surface area contributed by atoms with Crippen LogP contribution in [0.2, 0.25) is 0 Å². The number of amides is 2. The third-order valence-corrected chi connectivity index (χ3v) is 5.93. The molecule has 182 valence electrons. The molecule has 1 aliphatic heterocycles. The fourth-order valence-corrected chi connectivity index (χ4v) is 3.92. The fourth-order valence-electron chi connectivity index (χ4n) is 3.08. The average Bonchev–Trinajstić information content (AvgIpc) is 2.81. The molecule has 10 nitrogen and oxygen atoms in total. The van der Waals surface area contributed by atoms with Crippen LogP contribution in [0.3, 0.4) is 0 Å². The fraction of sp³-hybridized carbons (Fsp3) is 0.318. The molecular weight excluding hydrogens is 467 g/mol. The number of morpholine rings is 1. The van der Waals surface area contributed by atoms with Gasteiger partial charge in [0.25, 0.3) is 11.8 Å². The number of halogens is 1. The minimum absolute atomic E-state index is 0.0318. The number of nitrogens with one attached hydrogen (secondary N) is 1. The molecular formula is C22H25FN4O6S. The molecule has 0 aromatic heterocycles. The van der Waals surface area contributed by atoms with Crippen molar-refractivity contribution in [1.82, 2.24) is 10.3 Å². The number of benzene rings is 2. The van der Waals surface area contributed by atoms with Gasteiger partial charge in [-0.1, -0.05) is 6.07 Å². The minimum Gasteiger partial charge on any atom is -0.484 e. The summed E-state index contributed by atoms with van der Waals surface area (Å²) >= 11 is 0. The summed E-state index contributed by atoms with van der Waals surface area (Å²) in [4.78, 5) is 26.0. The van der Waals surface area contributed by atoms with Crippen molar-refractivity contribution in [2.45, 2.75) is 0 Å². The topological polar surface area (TPSA) is 118 Å². The van der Waals surface area contributed by atoms with E-state index in [0.717, 1.165) is 16.6 Å². The highest BCUT2D eigenvalue weighted by molar-refractivity contribution is 7.92. The summed E-state index contributed by atoms with van der Waals surface area (Å²) in [6, 6.07) is 11.6. The number of anilines is 1. The lowest BCUT2D eigenvalue weighted by atomic mass is 10.2. The van der Waals surface area contributed by atoms with Gasteiger partial charge < -0.3 is 14.4 Å². The quantitative estimate of drug-likeness (QED) is 0.412.